The van der Waals surface area contributed by atoms with E-state index in [4.69, 9.17) is 0 Å². The molecular formula is C20H42O. The van der Waals surface area contributed by atoms with Gasteiger partial charge in [-0.05, 0) is 31.1 Å². The molecule has 0 aliphatic rings. The van der Waals surface area contributed by atoms with Gasteiger partial charge in [-0.25, -0.2) is 0 Å². The van der Waals surface area contributed by atoms with Crippen LogP contribution in [0.4, 0.5) is 0 Å². The molecule has 21 heavy (non-hydrogen) atoms. The smallest absolute Gasteiger partial charge is 0.0540 e. The molecular weight excluding hydrogens is 256 g/mol. The fraction of sp³-hybridized carbons (Fsp3) is 1.00. The number of hydrogen-bond donors (Lipinski definition) is 1. The third-order valence-electron chi connectivity index (χ3n) is 4.50. The molecule has 0 saturated carbocycles. The summed E-state index contributed by atoms with van der Waals surface area (Å²) in [6.45, 7) is 9.22. The van der Waals surface area contributed by atoms with Gasteiger partial charge in [0.05, 0.1) is 6.10 Å². The summed E-state index contributed by atoms with van der Waals surface area (Å²) < 4.78 is 0. The Morgan fingerprint density at radius 1 is 0.667 bits per heavy atom. The molecule has 0 spiro atoms. The minimum Gasteiger partial charge on any atom is -0.393 e. The summed E-state index contributed by atoms with van der Waals surface area (Å²) in [4.78, 5) is 0. The van der Waals surface area contributed by atoms with Crippen molar-refractivity contribution in [3.05, 3.63) is 0 Å². The van der Waals surface area contributed by atoms with Crippen LogP contribution < -0.4 is 0 Å². The van der Waals surface area contributed by atoms with Gasteiger partial charge in [-0.15, -0.1) is 0 Å². The van der Waals surface area contributed by atoms with Crippen molar-refractivity contribution in [2.75, 3.05) is 0 Å². The van der Waals surface area contributed by atoms with Crippen LogP contribution in [0, 0.1) is 11.8 Å². The number of aliphatic hydroxyl groups excluding tert-OH is 1. The van der Waals surface area contributed by atoms with Crippen LogP contribution in [0.15, 0.2) is 0 Å². The van der Waals surface area contributed by atoms with Crippen molar-refractivity contribution in [2.24, 2.45) is 11.8 Å². The van der Waals surface area contributed by atoms with Crippen LogP contribution in [-0.2, 0) is 0 Å². The Morgan fingerprint density at radius 2 is 1.19 bits per heavy atom. The Morgan fingerprint density at radius 3 is 1.76 bits per heavy atom. The molecule has 128 valence electrons. The lowest BCUT2D eigenvalue weighted by molar-refractivity contribution is 0.145. The van der Waals surface area contributed by atoms with Gasteiger partial charge in [0.2, 0.25) is 0 Å². The number of aliphatic hydroxyl groups is 1. The van der Waals surface area contributed by atoms with E-state index in [0.29, 0.717) is 0 Å². The largest absolute Gasteiger partial charge is 0.393 e. The Balaban J connectivity index is 3.28. The third-order valence-corrected chi connectivity index (χ3v) is 4.50. The zero-order valence-corrected chi connectivity index (χ0v) is 15.4. The maximum Gasteiger partial charge on any atom is 0.0540 e. The minimum atomic E-state index is -0.0451. The number of hydrogen-bond acceptors (Lipinski definition) is 1. The van der Waals surface area contributed by atoms with Crippen molar-refractivity contribution in [1.29, 1.82) is 0 Å². The third kappa shape index (κ3) is 16.2. The van der Waals surface area contributed by atoms with E-state index in [1.165, 1.54) is 70.6 Å². The van der Waals surface area contributed by atoms with Crippen LogP contribution in [-0.4, -0.2) is 11.2 Å². The first-order valence-corrected chi connectivity index (χ1v) is 9.74. The van der Waals surface area contributed by atoms with Crippen molar-refractivity contribution >= 4 is 0 Å². The first-order chi connectivity index (χ1) is 10.1. The Kier molecular flexibility index (Phi) is 14.9. The highest BCUT2D eigenvalue weighted by Crippen LogP contribution is 2.19. The molecule has 0 bridgehead atoms. The SMILES string of the molecule is CCCCCCCCCCC(O)CCCC(C)CC(C)C. The minimum absolute atomic E-state index is 0.0451. The molecule has 2 unspecified atom stereocenters. The van der Waals surface area contributed by atoms with Gasteiger partial charge in [0.1, 0.15) is 0 Å². The van der Waals surface area contributed by atoms with E-state index < -0.39 is 0 Å². The Labute approximate surface area is 134 Å². The van der Waals surface area contributed by atoms with Crippen molar-refractivity contribution in [2.45, 2.75) is 117 Å². The number of unbranched alkanes of at least 4 members (excludes halogenated alkanes) is 7. The molecule has 1 N–H and O–H groups in total. The summed E-state index contributed by atoms with van der Waals surface area (Å²) >= 11 is 0. The highest BCUT2D eigenvalue weighted by atomic mass is 16.3. The lowest BCUT2D eigenvalue weighted by atomic mass is 9.93. The van der Waals surface area contributed by atoms with Gasteiger partial charge in [0.15, 0.2) is 0 Å². The molecule has 1 heteroatoms. The molecule has 0 aliphatic carbocycles. The predicted octanol–water partition coefficient (Wildman–Crippen LogP) is 6.73. The second-order valence-corrected chi connectivity index (χ2v) is 7.58. The number of rotatable bonds is 15. The van der Waals surface area contributed by atoms with E-state index in [1.807, 2.05) is 0 Å². The molecule has 0 radical (unpaired) electrons. The highest BCUT2D eigenvalue weighted by Gasteiger charge is 2.08. The average molecular weight is 299 g/mol. The fourth-order valence-corrected chi connectivity index (χ4v) is 3.28. The standard InChI is InChI=1S/C20H42O/c1-5-6-7-8-9-10-11-12-15-20(21)16-13-14-19(4)17-18(2)3/h18-21H,5-17H2,1-4H3. The molecule has 1 nitrogen and oxygen atoms in total. The van der Waals surface area contributed by atoms with Crippen molar-refractivity contribution in [1.82, 2.24) is 0 Å². The van der Waals surface area contributed by atoms with E-state index in [0.717, 1.165) is 24.7 Å². The van der Waals surface area contributed by atoms with Crippen LogP contribution >= 0.6 is 0 Å². The first-order valence-electron chi connectivity index (χ1n) is 9.74. The molecule has 0 fully saturated rings. The van der Waals surface area contributed by atoms with E-state index in [1.54, 1.807) is 0 Å². The van der Waals surface area contributed by atoms with Gasteiger partial charge < -0.3 is 5.11 Å². The Bertz CT molecular complexity index is 200. The van der Waals surface area contributed by atoms with Gasteiger partial charge in [0.25, 0.3) is 0 Å². The van der Waals surface area contributed by atoms with Crippen LogP contribution in [0.1, 0.15) is 111 Å². The lowest BCUT2D eigenvalue weighted by Gasteiger charge is -2.15. The fourth-order valence-electron chi connectivity index (χ4n) is 3.28. The van der Waals surface area contributed by atoms with E-state index in [-0.39, 0.29) is 6.10 Å². The van der Waals surface area contributed by atoms with Gasteiger partial charge in [-0.2, -0.15) is 0 Å². The zero-order chi connectivity index (χ0) is 15.9. The lowest BCUT2D eigenvalue weighted by Crippen LogP contribution is -2.08. The first kappa shape index (κ1) is 21.0. The molecule has 0 amide bonds. The molecule has 0 aromatic heterocycles. The summed E-state index contributed by atoms with van der Waals surface area (Å²) in [5.74, 6) is 1.63. The topological polar surface area (TPSA) is 20.2 Å². The van der Waals surface area contributed by atoms with Crippen LogP contribution in [0.25, 0.3) is 0 Å². The van der Waals surface area contributed by atoms with Crippen LogP contribution in [0.5, 0.6) is 0 Å². The van der Waals surface area contributed by atoms with Gasteiger partial charge in [-0.3, -0.25) is 0 Å². The maximum atomic E-state index is 10.0. The molecule has 0 rings (SSSR count). The van der Waals surface area contributed by atoms with Crippen molar-refractivity contribution in [3.63, 3.8) is 0 Å². The normalized spacial score (nSPS) is 14.6. The maximum absolute atomic E-state index is 10.0. The van der Waals surface area contributed by atoms with E-state index in [2.05, 4.69) is 27.7 Å². The highest BCUT2D eigenvalue weighted by molar-refractivity contribution is 4.61. The molecule has 0 saturated heterocycles. The molecule has 0 heterocycles. The second kappa shape index (κ2) is 14.9. The molecule has 2 atom stereocenters. The molecule has 0 aromatic carbocycles. The summed E-state index contributed by atoms with van der Waals surface area (Å²) in [7, 11) is 0. The van der Waals surface area contributed by atoms with E-state index in [9.17, 15) is 5.11 Å². The van der Waals surface area contributed by atoms with Crippen molar-refractivity contribution < 1.29 is 5.11 Å². The van der Waals surface area contributed by atoms with Crippen LogP contribution in [0.2, 0.25) is 0 Å². The summed E-state index contributed by atoms with van der Waals surface area (Å²) in [6.07, 6.45) is 16.6. The molecule has 0 aromatic rings. The quantitative estimate of drug-likeness (QED) is 0.332. The average Bonchev–Trinajstić information content (AvgIpc) is 2.41. The van der Waals surface area contributed by atoms with Gasteiger partial charge in [0, 0.05) is 0 Å². The van der Waals surface area contributed by atoms with Gasteiger partial charge >= 0.3 is 0 Å². The zero-order valence-electron chi connectivity index (χ0n) is 15.4. The van der Waals surface area contributed by atoms with E-state index >= 15 is 0 Å². The summed E-state index contributed by atoms with van der Waals surface area (Å²) in [5, 5.41) is 10.0. The summed E-state index contributed by atoms with van der Waals surface area (Å²) in [6, 6.07) is 0. The Hall–Kier alpha value is -0.0400. The predicted molar refractivity (Wildman–Crippen MR) is 95.7 cm³/mol. The van der Waals surface area contributed by atoms with Crippen LogP contribution in [0.3, 0.4) is 0 Å². The van der Waals surface area contributed by atoms with Gasteiger partial charge in [-0.1, -0.05) is 91.9 Å². The summed E-state index contributed by atoms with van der Waals surface area (Å²) in [5.41, 5.74) is 0. The second-order valence-electron chi connectivity index (χ2n) is 7.58. The van der Waals surface area contributed by atoms with Crippen molar-refractivity contribution in [3.8, 4) is 0 Å². The molecule has 0 aliphatic heterocycles. The monoisotopic (exact) mass is 298 g/mol.